The molecule has 0 radical (unpaired) electrons. The SMILES string of the molecule is C=CCCCN(C)c1ccc(C(C)=O)cc1F. The molecule has 0 unspecified atom stereocenters. The third-order valence-electron chi connectivity index (χ3n) is 2.67. The number of nitrogens with zero attached hydrogens (tertiary/aromatic N) is 1. The average Bonchev–Trinajstić information content (AvgIpc) is 2.28. The highest BCUT2D eigenvalue weighted by molar-refractivity contribution is 5.94. The molecule has 1 aromatic rings. The third-order valence-corrected chi connectivity index (χ3v) is 2.67. The molecule has 0 aliphatic rings. The molecule has 0 spiro atoms. The van der Waals surface area contributed by atoms with Crippen LogP contribution in [0.4, 0.5) is 10.1 Å². The van der Waals surface area contributed by atoms with Gasteiger partial charge < -0.3 is 4.90 Å². The Balaban J connectivity index is 2.77. The van der Waals surface area contributed by atoms with Gasteiger partial charge in [0.15, 0.2) is 5.78 Å². The fourth-order valence-corrected chi connectivity index (χ4v) is 1.63. The highest BCUT2D eigenvalue weighted by atomic mass is 19.1. The van der Waals surface area contributed by atoms with Gasteiger partial charge >= 0.3 is 0 Å². The van der Waals surface area contributed by atoms with Crippen LogP contribution < -0.4 is 4.90 Å². The Kier molecular flexibility index (Phi) is 4.88. The molecule has 0 atom stereocenters. The Morgan fingerprint density at radius 1 is 1.53 bits per heavy atom. The number of hydrogen-bond acceptors (Lipinski definition) is 2. The number of anilines is 1. The second-order valence-corrected chi connectivity index (χ2v) is 4.07. The van der Waals surface area contributed by atoms with Crippen molar-refractivity contribution in [3.63, 3.8) is 0 Å². The predicted molar refractivity (Wildman–Crippen MR) is 69.1 cm³/mol. The summed E-state index contributed by atoms with van der Waals surface area (Å²) in [6.07, 6.45) is 3.70. The first-order valence-electron chi connectivity index (χ1n) is 5.68. The zero-order valence-corrected chi connectivity index (χ0v) is 10.4. The molecule has 0 aliphatic carbocycles. The van der Waals surface area contributed by atoms with Crippen molar-refractivity contribution in [1.82, 2.24) is 0 Å². The minimum absolute atomic E-state index is 0.121. The van der Waals surface area contributed by atoms with Gasteiger partial charge in [-0.3, -0.25) is 4.79 Å². The van der Waals surface area contributed by atoms with E-state index in [1.165, 1.54) is 13.0 Å². The first-order valence-corrected chi connectivity index (χ1v) is 5.68. The summed E-state index contributed by atoms with van der Waals surface area (Å²) < 4.78 is 13.8. The van der Waals surface area contributed by atoms with Gasteiger partial charge in [-0.15, -0.1) is 6.58 Å². The normalized spacial score (nSPS) is 10.1. The molecule has 0 aromatic heterocycles. The van der Waals surface area contributed by atoms with E-state index in [4.69, 9.17) is 0 Å². The smallest absolute Gasteiger partial charge is 0.159 e. The maximum absolute atomic E-state index is 13.8. The number of ketones is 1. The predicted octanol–water partition coefficient (Wildman–Crippen LogP) is 3.43. The molecule has 2 nitrogen and oxygen atoms in total. The number of halogens is 1. The summed E-state index contributed by atoms with van der Waals surface area (Å²) in [7, 11) is 1.84. The number of unbranched alkanes of at least 4 members (excludes halogenated alkanes) is 1. The van der Waals surface area contributed by atoms with E-state index >= 15 is 0 Å². The molecule has 92 valence electrons. The highest BCUT2D eigenvalue weighted by Crippen LogP contribution is 2.20. The molecule has 0 heterocycles. The maximum Gasteiger partial charge on any atom is 0.159 e. The van der Waals surface area contributed by atoms with Gasteiger partial charge in [0.05, 0.1) is 5.69 Å². The second kappa shape index (κ2) is 6.18. The maximum atomic E-state index is 13.8. The summed E-state index contributed by atoms with van der Waals surface area (Å²) in [6.45, 7) is 5.85. The lowest BCUT2D eigenvalue weighted by Gasteiger charge is -2.19. The topological polar surface area (TPSA) is 20.3 Å². The van der Waals surface area contributed by atoms with Crippen LogP contribution in [0.5, 0.6) is 0 Å². The summed E-state index contributed by atoms with van der Waals surface area (Å²) in [5, 5.41) is 0. The molecule has 0 aliphatic heterocycles. The van der Waals surface area contributed by atoms with Crippen LogP contribution in [0.3, 0.4) is 0 Å². The van der Waals surface area contributed by atoms with Gasteiger partial charge in [0.25, 0.3) is 0 Å². The average molecular weight is 235 g/mol. The molecule has 1 aromatic carbocycles. The third kappa shape index (κ3) is 3.70. The monoisotopic (exact) mass is 235 g/mol. The number of rotatable bonds is 6. The number of Topliss-reactive ketones (excluding diaryl/α,β-unsaturated/α-hetero) is 1. The lowest BCUT2D eigenvalue weighted by molar-refractivity contribution is 0.101. The second-order valence-electron chi connectivity index (χ2n) is 4.07. The van der Waals surface area contributed by atoms with Crippen molar-refractivity contribution in [3.05, 3.63) is 42.2 Å². The van der Waals surface area contributed by atoms with E-state index in [-0.39, 0.29) is 11.6 Å². The summed E-state index contributed by atoms with van der Waals surface area (Å²) in [5.41, 5.74) is 0.935. The van der Waals surface area contributed by atoms with E-state index in [0.29, 0.717) is 11.3 Å². The largest absolute Gasteiger partial charge is 0.372 e. The van der Waals surface area contributed by atoms with Crippen molar-refractivity contribution in [2.75, 3.05) is 18.5 Å². The zero-order chi connectivity index (χ0) is 12.8. The highest BCUT2D eigenvalue weighted by Gasteiger charge is 2.09. The first kappa shape index (κ1) is 13.4. The quantitative estimate of drug-likeness (QED) is 0.428. The van der Waals surface area contributed by atoms with Gasteiger partial charge in [-0.1, -0.05) is 6.08 Å². The number of allylic oxidation sites excluding steroid dienone is 1. The molecule has 0 bridgehead atoms. The van der Waals surface area contributed by atoms with Crippen molar-refractivity contribution in [3.8, 4) is 0 Å². The van der Waals surface area contributed by atoms with Crippen molar-refractivity contribution in [1.29, 1.82) is 0 Å². The summed E-state index contributed by atoms with van der Waals surface area (Å²) in [5.74, 6) is -0.469. The van der Waals surface area contributed by atoms with Crippen molar-refractivity contribution < 1.29 is 9.18 Å². The van der Waals surface area contributed by atoms with Crippen LogP contribution in [0.25, 0.3) is 0 Å². The summed E-state index contributed by atoms with van der Waals surface area (Å²) >= 11 is 0. The zero-order valence-electron chi connectivity index (χ0n) is 10.4. The van der Waals surface area contributed by atoms with Gasteiger partial charge in [-0.05, 0) is 38.0 Å². The van der Waals surface area contributed by atoms with E-state index in [9.17, 15) is 9.18 Å². The van der Waals surface area contributed by atoms with Gasteiger partial charge in [0.2, 0.25) is 0 Å². The van der Waals surface area contributed by atoms with Gasteiger partial charge in [0.1, 0.15) is 5.82 Å². The fourth-order valence-electron chi connectivity index (χ4n) is 1.63. The van der Waals surface area contributed by atoms with E-state index < -0.39 is 0 Å². The van der Waals surface area contributed by atoms with Crippen LogP contribution in [-0.4, -0.2) is 19.4 Å². The van der Waals surface area contributed by atoms with Gasteiger partial charge in [-0.2, -0.15) is 0 Å². The van der Waals surface area contributed by atoms with Crippen LogP contribution in [0.2, 0.25) is 0 Å². The summed E-state index contributed by atoms with van der Waals surface area (Å²) in [4.78, 5) is 12.9. The van der Waals surface area contributed by atoms with E-state index in [2.05, 4.69) is 6.58 Å². The molecule has 17 heavy (non-hydrogen) atoms. The van der Waals surface area contributed by atoms with Crippen LogP contribution >= 0.6 is 0 Å². The van der Waals surface area contributed by atoms with Crippen LogP contribution in [0.15, 0.2) is 30.9 Å². The lowest BCUT2D eigenvalue weighted by Crippen LogP contribution is -2.19. The summed E-state index contributed by atoms with van der Waals surface area (Å²) in [6, 6.07) is 4.60. The molecule has 0 fully saturated rings. The molecule has 0 N–H and O–H groups in total. The molecule has 1 rings (SSSR count). The van der Waals surface area contributed by atoms with Crippen LogP contribution in [0, 0.1) is 5.82 Å². The van der Waals surface area contributed by atoms with E-state index in [1.807, 2.05) is 18.0 Å². The Morgan fingerprint density at radius 2 is 2.24 bits per heavy atom. The fraction of sp³-hybridized carbons (Fsp3) is 0.357. The number of hydrogen-bond donors (Lipinski definition) is 0. The Hall–Kier alpha value is -1.64. The minimum atomic E-state index is -0.348. The first-order chi connectivity index (χ1) is 8.06. The Morgan fingerprint density at radius 3 is 2.76 bits per heavy atom. The molecule has 0 amide bonds. The van der Waals surface area contributed by atoms with Gasteiger partial charge in [-0.25, -0.2) is 4.39 Å². The molecule has 0 saturated carbocycles. The van der Waals surface area contributed by atoms with Crippen LogP contribution in [0.1, 0.15) is 30.1 Å². The number of benzene rings is 1. The van der Waals surface area contributed by atoms with Gasteiger partial charge in [0, 0.05) is 19.2 Å². The molecule has 3 heteroatoms. The van der Waals surface area contributed by atoms with Crippen molar-refractivity contribution in [2.24, 2.45) is 0 Å². The molecular formula is C14H18FNO. The van der Waals surface area contributed by atoms with E-state index in [1.54, 1.807) is 12.1 Å². The minimum Gasteiger partial charge on any atom is -0.372 e. The van der Waals surface area contributed by atoms with Crippen molar-refractivity contribution in [2.45, 2.75) is 19.8 Å². The lowest BCUT2D eigenvalue weighted by atomic mass is 10.1. The van der Waals surface area contributed by atoms with Crippen LogP contribution in [-0.2, 0) is 0 Å². The van der Waals surface area contributed by atoms with E-state index in [0.717, 1.165) is 19.4 Å². The number of carbonyl (C=O) groups is 1. The Bertz CT molecular complexity index is 415. The number of carbonyl (C=O) groups excluding carboxylic acids is 1. The standard InChI is InChI=1S/C14H18FNO/c1-4-5-6-9-16(3)14-8-7-12(11(2)17)10-13(14)15/h4,7-8,10H,1,5-6,9H2,2-3H3. The Labute approximate surface area is 102 Å². The molecular weight excluding hydrogens is 217 g/mol. The molecule has 0 saturated heterocycles. The van der Waals surface area contributed by atoms with Crippen molar-refractivity contribution >= 4 is 11.5 Å².